The summed E-state index contributed by atoms with van der Waals surface area (Å²) in [4.78, 5) is 17.7. The molecule has 106 valence electrons. The van der Waals surface area contributed by atoms with E-state index < -0.39 is 0 Å². The van der Waals surface area contributed by atoms with Gasteiger partial charge in [-0.2, -0.15) is 0 Å². The van der Waals surface area contributed by atoms with Crippen molar-refractivity contribution in [2.75, 3.05) is 11.6 Å². The normalized spacial score (nSPS) is 11.4. The maximum absolute atomic E-state index is 12.1. The van der Waals surface area contributed by atoms with E-state index >= 15 is 0 Å². The van der Waals surface area contributed by atoms with Crippen LogP contribution in [0.2, 0.25) is 0 Å². The number of anilines is 1. The summed E-state index contributed by atoms with van der Waals surface area (Å²) in [7, 11) is 0. The second kappa shape index (κ2) is 5.97. The predicted molar refractivity (Wildman–Crippen MR) is 87.0 cm³/mol. The molecule has 0 aliphatic carbocycles. The van der Waals surface area contributed by atoms with E-state index in [2.05, 4.69) is 31.1 Å². The Labute approximate surface area is 127 Å². The molecule has 0 spiro atoms. The molecule has 0 saturated heterocycles. The Morgan fingerprint density at radius 2 is 1.90 bits per heavy atom. The first kappa shape index (κ1) is 15.1. The highest BCUT2D eigenvalue weighted by atomic mass is 32.2. The van der Waals surface area contributed by atoms with E-state index in [0.29, 0.717) is 10.7 Å². The van der Waals surface area contributed by atoms with Gasteiger partial charge in [0.2, 0.25) is 0 Å². The fourth-order valence-electron chi connectivity index (χ4n) is 1.59. The highest BCUT2D eigenvalue weighted by Gasteiger charge is 2.18. The highest BCUT2D eigenvalue weighted by Crippen LogP contribution is 2.26. The summed E-state index contributed by atoms with van der Waals surface area (Å²) < 4.78 is 0. The van der Waals surface area contributed by atoms with Crippen molar-refractivity contribution in [1.29, 1.82) is 0 Å². The second-order valence-electron chi connectivity index (χ2n) is 5.47. The maximum atomic E-state index is 12.1. The van der Waals surface area contributed by atoms with Crippen LogP contribution in [-0.2, 0) is 5.41 Å². The van der Waals surface area contributed by atoms with Crippen LogP contribution in [0.15, 0.2) is 34.5 Å². The number of thioether (sulfide) groups is 1. The Morgan fingerprint density at radius 1 is 1.25 bits per heavy atom. The van der Waals surface area contributed by atoms with Crippen molar-refractivity contribution in [3.8, 4) is 0 Å². The standard InChI is InChI=1S/C15H18N2OS2/c1-15(2,3)12-9-20-14(16-12)17-13(18)10-5-7-11(19-4)8-6-10/h5-9H,1-4H3,(H,16,17,18). The van der Waals surface area contributed by atoms with E-state index in [9.17, 15) is 4.79 Å². The van der Waals surface area contributed by atoms with Crippen LogP contribution < -0.4 is 5.32 Å². The van der Waals surface area contributed by atoms with Crippen LogP contribution >= 0.6 is 23.1 Å². The van der Waals surface area contributed by atoms with Gasteiger partial charge in [-0.15, -0.1) is 23.1 Å². The van der Waals surface area contributed by atoms with Crippen molar-refractivity contribution in [1.82, 2.24) is 4.98 Å². The summed E-state index contributed by atoms with van der Waals surface area (Å²) in [6, 6.07) is 7.56. The van der Waals surface area contributed by atoms with Crippen molar-refractivity contribution in [2.24, 2.45) is 0 Å². The number of amides is 1. The molecule has 0 bridgehead atoms. The molecule has 20 heavy (non-hydrogen) atoms. The molecule has 0 saturated carbocycles. The number of carbonyl (C=O) groups is 1. The Balaban J connectivity index is 2.09. The van der Waals surface area contributed by atoms with Gasteiger partial charge in [0.15, 0.2) is 5.13 Å². The van der Waals surface area contributed by atoms with Gasteiger partial charge in [-0.1, -0.05) is 20.8 Å². The van der Waals surface area contributed by atoms with Crippen molar-refractivity contribution in [3.05, 3.63) is 40.9 Å². The zero-order chi connectivity index (χ0) is 14.8. The first-order valence-electron chi connectivity index (χ1n) is 6.31. The molecule has 2 rings (SSSR count). The van der Waals surface area contributed by atoms with Crippen LogP contribution in [-0.4, -0.2) is 17.1 Å². The fourth-order valence-corrected chi connectivity index (χ4v) is 2.93. The Morgan fingerprint density at radius 3 is 2.40 bits per heavy atom. The first-order valence-corrected chi connectivity index (χ1v) is 8.42. The molecule has 3 nitrogen and oxygen atoms in total. The molecule has 0 aliphatic heterocycles. The molecule has 0 unspecified atom stereocenters. The van der Waals surface area contributed by atoms with Crippen LogP contribution in [0.4, 0.5) is 5.13 Å². The molecule has 1 aromatic carbocycles. The molecular weight excluding hydrogens is 288 g/mol. The van der Waals surface area contributed by atoms with Gasteiger partial charge in [0.05, 0.1) is 5.69 Å². The van der Waals surface area contributed by atoms with Gasteiger partial charge in [-0.05, 0) is 30.5 Å². The lowest BCUT2D eigenvalue weighted by Gasteiger charge is -2.14. The molecule has 1 N–H and O–H groups in total. The molecule has 1 heterocycles. The van der Waals surface area contributed by atoms with Gasteiger partial charge in [0.1, 0.15) is 0 Å². The van der Waals surface area contributed by atoms with Crippen molar-refractivity contribution in [2.45, 2.75) is 31.1 Å². The maximum Gasteiger partial charge on any atom is 0.257 e. The minimum Gasteiger partial charge on any atom is -0.298 e. The summed E-state index contributed by atoms with van der Waals surface area (Å²) >= 11 is 3.12. The third-order valence-corrected chi connectivity index (χ3v) is 4.35. The SMILES string of the molecule is CSc1ccc(C(=O)Nc2nc(C(C)(C)C)cs2)cc1. The summed E-state index contributed by atoms with van der Waals surface area (Å²) in [6.45, 7) is 6.32. The summed E-state index contributed by atoms with van der Waals surface area (Å²) in [6.07, 6.45) is 2.01. The monoisotopic (exact) mass is 306 g/mol. The van der Waals surface area contributed by atoms with Gasteiger partial charge in [-0.3, -0.25) is 10.1 Å². The molecule has 0 atom stereocenters. The van der Waals surface area contributed by atoms with E-state index in [1.165, 1.54) is 11.3 Å². The van der Waals surface area contributed by atoms with Gasteiger partial charge < -0.3 is 0 Å². The number of rotatable bonds is 3. The molecule has 0 radical (unpaired) electrons. The fraction of sp³-hybridized carbons (Fsp3) is 0.333. The van der Waals surface area contributed by atoms with Gasteiger partial charge in [0.25, 0.3) is 5.91 Å². The van der Waals surface area contributed by atoms with Crippen LogP contribution in [0.5, 0.6) is 0 Å². The van der Waals surface area contributed by atoms with E-state index in [-0.39, 0.29) is 11.3 Å². The smallest absolute Gasteiger partial charge is 0.257 e. The summed E-state index contributed by atoms with van der Waals surface area (Å²) in [5.41, 5.74) is 1.64. The lowest BCUT2D eigenvalue weighted by atomic mass is 9.93. The minimum atomic E-state index is -0.118. The Bertz CT molecular complexity index is 597. The zero-order valence-electron chi connectivity index (χ0n) is 12.1. The number of benzene rings is 1. The minimum absolute atomic E-state index is 0.000521. The molecule has 1 amide bonds. The van der Waals surface area contributed by atoms with E-state index in [0.717, 1.165) is 10.6 Å². The number of hydrogen-bond acceptors (Lipinski definition) is 4. The molecule has 0 aliphatic rings. The number of thiazole rings is 1. The molecule has 0 fully saturated rings. The summed E-state index contributed by atoms with van der Waals surface area (Å²) in [5, 5.41) is 5.49. The van der Waals surface area contributed by atoms with E-state index in [4.69, 9.17) is 0 Å². The largest absolute Gasteiger partial charge is 0.298 e. The molecule has 2 aromatic rings. The quantitative estimate of drug-likeness (QED) is 0.854. The van der Waals surface area contributed by atoms with Gasteiger partial charge in [-0.25, -0.2) is 4.98 Å². The number of aromatic nitrogens is 1. The number of hydrogen-bond donors (Lipinski definition) is 1. The van der Waals surface area contributed by atoms with Crippen molar-refractivity contribution < 1.29 is 4.79 Å². The Hall–Kier alpha value is -1.33. The van der Waals surface area contributed by atoms with Gasteiger partial charge in [0, 0.05) is 21.3 Å². The molecule has 5 heteroatoms. The van der Waals surface area contributed by atoms with Crippen LogP contribution in [0, 0.1) is 0 Å². The second-order valence-corrected chi connectivity index (χ2v) is 7.21. The van der Waals surface area contributed by atoms with Crippen molar-refractivity contribution >= 4 is 34.1 Å². The van der Waals surface area contributed by atoms with Crippen LogP contribution in [0.3, 0.4) is 0 Å². The summed E-state index contributed by atoms with van der Waals surface area (Å²) in [5.74, 6) is -0.118. The predicted octanol–water partition coefficient (Wildman–Crippen LogP) is 4.41. The van der Waals surface area contributed by atoms with Crippen LogP contribution in [0.25, 0.3) is 0 Å². The number of carbonyl (C=O) groups excluding carboxylic acids is 1. The van der Waals surface area contributed by atoms with E-state index in [1.807, 2.05) is 35.9 Å². The average Bonchev–Trinajstić information content (AvgIpc) is 2.87. The number of nitrogens with zero attached hydrogens (tertiary/aromatic N) is 1. The lowest BCUT2D eigenvalue weighted by molar-refractivity contribution is 0.102. The van der Waals surface area contributed by atoms with Crippen LogP contribution in [0.1, 0.15) is 36.8 Å². The third-order valence-electron chi connectivity index (χ3n) is 2.85. The number of nitrogens with one attached hydrogen (secondary N) is 1. The van der Waals surface area contributed by atoms with Crippen molar-refractivity contribution in [3.63, 3.8) is 0 Å². The first-order chi connectivity index (χ1) is 9.40. The zero-order valence-corrected chi connectivity index (χ0v) is 13.7. The van der Waals surface area contributed by atoms with E-state index in [1.54, 1.807) is 11.8 Å². The lowest BCUT2D eigenvalue weighted by Crippen LogP contribution is -2.14. The molecule has 1 aromatic heterocycles. The Kier molecular flexibility index (Phi) is 4.50. The average molecular weight is 306 g/mol. The van der Waals surface area contributed by atoms with Gasteiger partial charge >= 0.3 is 0 Å². The third kappa shape index (κ3) is 3.61. The highest BCUT2D eigenvalue weighted by molar-refractivity contribution is 7.98. The topological polar surface area (TPSA) is 42.0 Å². The molecular formula is C15H18N2OS2.